The number of benzene rings is 2. The number of aryl methyl sites for hydroxylation is 1. The molecule has 0 unspecified atom stereocenters. The van der Waals surface area contributed by atoms with Crippen LogP contribution in [0.4, 0.5) is 0 Å². The fourth-order valence-electron chi connectivity index (χ4n) is 5.38. The molecule has 1 saturated heterocycles. The number of tetrazole rings is 1. The fourth-order valence-corrected chi connectivity index (χ4v) is 6.11. The summed E-state index contributed by atoms with van der Waals surface area (Å²) in [6.45, 7) is 4.79. The van der Waals surface area contributed by atoms with E-state index >= 15 is 0 Å². The molecule has 5 aromatic rings. The van der Waals surface area contributed by atoms with Gasteiger partial charge in [0.2, 0.25) is 0 Å². The summed E-state index contributed by atoms with van der Waals surface area (Å²) in [6, 6.07) is 22.3. The molecule has 6 rings (SSSR count). The highest BCUT2D eigenvalue weighted by atomic mass is 32.1. The predicted octanol–water partition coefficient (Wildman–Crippen LogP) is 4.90. The van der Waals surface area contributed by atoms with Crippen molar-refractivity contribution in [3.8, 4) is 0 Å². The van der Waals surface area contributed by atoms with E-state index in [-0.39, 0.29) is 11.7 Å². The number of hydrogen-bond acceptors (Lipinski definition) is 7. The van der Waals surface area contributed by atoms with Crippen LogP contribution < -0.4 is 5.56 Å². The van der Waals surface area contributed by atoms with Gasteiger partial charge in [-0.1, -0.05) is 48.0 Å². The zero-order chi connectivity index (χ0) is 26.6. The van der Waals surface area contributed by atoms with Crippen LogP contribution >= 0.6 is 11.3 Å². The summed E-state index contributed by atoms with van der Waals surface area (Å²) in [5, 5.41) is 16.1. The van der Waals surface area contributed by atoms with Gasteiger partial charge < -0.3 is 9.72 Å². The number of nitrogens with one attached hydrogen (secondary N) is 1. The second-order valence-electron chi connectivity index (χ2n) is 10.2. The lowest BCUT2D eigenvalue weighted by Gasteiger charge is -2.31. The van der Waals surface area contributed by atoms with Crippen LogP contribution in [-0.2, 0) is 24.2 Å². The highest BCUT2D eigenvalue weighted by Gasteiger charge is 2.32. The Bertz CT molecular complexity index is 1570. The van der Waals surface area contributed by atoms with Crippen molar-refractivity contribution in [2.24, 2.45) is 0 Å². The average molecular weight is 541 g/mol. The molecule has 2 atom stereocenters. The first-order chi connectivity index (χ1) is 19.1. The number of aromatic nitrogens is 5. The van der Waals surface area contributed by atoms with Gasteiger partial charge in [-0.2, -0.15) is 0 Å². The summed E-state index contributed by atoms with van der Waals surface area (Å²) in [4.78, 5) is 20.4. The number of pyridine rings is 1. The number of fused-ring (bicyclic) bond motifs is 1. The molecule has 3 aromatic heterocycles. The zero-order valence-corrected chi connectivity index (χ0v) is 22.8. The molecule has 4 heterocycles. The summed E-state index contributed by atoms with van der Waals surface area (Å²) in [7, 11) is 0. The molecule has 1 aliphatic rings. The van der Waals surface area contributed by atoms with Crippen LogP contribution in [0.15, 0.2) is 76.9 Å². The number of ether oxygens (including phenoxy) is 1. The average Bonchev–Trinajstić information content (AvgIpc) is 3.73. The van der Waals surface area contributed by atoms with Gasteiger partial charge >= 0.3 is 0 Å². The minimum Gasteiger partial charge on any atom is -0.376 e. The normalized spacial score (nSPS) is 16.3. The Morgan fingerprint density at radius 3 is 2.85 bits per heavy atom. The van der Waals surface area contributed by atoms with E-state index in [1.54, 1.807) is 11.3 Å². The van der Waals surface area contributed by atoms with Gasteiger partial charge in [0.05, 0.1) is 12.6 Å². The highest BCUT2D eigenvalue weighted by Crippen LogP contribution is 2.30. The van der Waals surface area contributed by atoms with E-state index in [0.717, 1.165) is 48.9 Å². The Hall–Kier alpha value is -3.66. The predicted molar refractivity (Wildman–Crippen MR) is 153 cm³/mol. The second kappa shape index (κ2) is 11.6. The summed E-state index contributed by atoms with van der Waals surface area (Å²) < 4.78 is 7.75. The first-order valence-corrected chi connectivity index (χ1v) is 14.3. The van der Waals surface area contributed by atoms with Crippen LogP contribution in [0.5, 0.6) is 0 Å². The minimum atomic E-state index is -0.444. The van der Waals surface area contributed by atoms with Crippen molar-refractivity contribution in [3.05, 3.63) is 110 Å². The lowest BCUT2D eigenvalue weighted by atomic mass is 10.0. The number of rotatable bonds is 10. The van der Waals surface area contributed by atoms with Crippen molar-refractivity contribution in [1.29, 1.82) is 0 Å². The van der Waals surface area contributed by atoms with E-state index in [2.05, 4.69) is 80.2 Å². The molecule has 200 valence electrons. The summed E-state index contributed by atoms with van der Waals surface area (Å²) in [6.07, 6.45) is 2.92. The number of H-pyrrole nitrogens is 1. The first-order valence-electron chi connectivity index (χ1n) is 13.5. The first kappa shape index (κ1) is 25.6. The lowest BCUT2D eigenvalue weighted by Crippen LogP contribution is -2.36. The monoisotopic (exact) mass is 540 g/mol. The van der Waals surface area contributed by atoms with Crippen LogP contribution in [-0.4, -0.2) is 49.3 Å². The Kier molecular flexibility index (Phi) is 7.62. The molecule has 2 aromatic carbocycles. The maximum atomic E-state index is 13.7. The molecule has 39 heavy (non-hydrogen) atoms. The van der Waals surface area contributed by atoms with E-state index < -0.39 is 6.04 Å². The van der Waals surface area contributed by atoms with Crippen molar-refractivity contribution in [2.45, 2.75) is 51.4 Å². The van der Waals surface area contributed by atoms with Gasteiger partial charge in [0.15, 0.2) is 5.82 Å². The largest absolute Gasteiger partial charge is 0.376 e. The van der Waals surface area contributed by atoms with Crippen LogP contribution in [0.2, 0.25) is 0 Å². The van der Waals surface area contributed by atoms with Gasteiger partial charge in [0, 0.05) is 35.7 Å². The maximum absolute atomic E-state index is 13.7. The van der Waals surface area contributed by atoms with Crippen molar-refractivity contribution in [1.82, 2.24) is 30.1 Å². The van der Waals surface area contributed by atoms with Gasteiger partial charge in [-0.15, -0.1) is 16.4 Å². The molecule has 0 bridgehead atoms. The Morgan fingerprint density at radius 1 is 1.15 bits per heavy atom. The number of thiophene rings is 1. The van der Waals surface area contributed by atoms with Crippen LogP contribution in [0.25, 0.3) is 10.9 Å². The Balaban J connectivity index is 1.46. The fraction of sp³-hybridized carbons (Fsp3) is 0.333. The van der Waals surface area contributed by atoms with E-state index in [0.29, 0.717) is 24.5 Å². The quantitative estimate of drug-likeness (QED) is 0.271. The number of nitrogens with zero attached hydrogens (tertiary/aromatic N) is 5. The molecule has 1 fully saturated rings. The van der Waals surface area contributed by atoms with Gasteiger partial charge in [0.1, 0.15) is 6.04 Å². The molecule has 0 radical (unpaired) electrons. The Labute approximate surface area is 231 Å². The maximum Gasteiger partial charge on any atom is 0.253 e. The molecule has 8 nitrogen and oxygen atoms in total. The molecule has 1 aliphatic heterocycles. The molecular weight excluding hydrogens is 508 g/mol. The molecular formula is C30H32N6O2S. The highest BCUT2D eigenvalue weighted by molar-refractivity contribution is 7.09. The third-order valence-electron chi connectivity index (χ3n) is 7.36. The SMILES string of the molecule is Cc1ccc2[nH]c(=O)c([C@@H](c3nnnn3C[C@@H]3CCCO3)N(CCc3ccccc3)Cc3cccs3)cc2c1. The number of aromatic amines is 1. The number of hydrogen-bond donors (Lipinski definition) is 1. The standard InChI is InChI=1S/C30H32N6O2S/c1-21-11-12-27-23(17-21)18-26(30(37)31-27)28(29-32-33-34-36(29)19-24-9-5-15-38-24)35(20-25-10-6-16-39-25)14-13-22-7-3-2-4-8-22/h2-4,6-8,10-12,16-18,24,28H,5,9,13-15,19-20H2,1H3,(H,31,37)/t24-,28-/m0/s1. The van der Waals surface area contributed by atoms with Crippen molar-refractivity contribution < 1.29 is 4.74 Å². The Morgan fingerprint density at radius 2 is 2.05 bits per heavy atom. The van der Waals surface area contributed by atoms with Crippen molar-refractivity contribution >= 4 is 22.2 Å². The smallest absolute Gasteiger partial charge is 0.253 e. The minimum absolute atomic E-state index is 0.0699. The van der Waals surface area contributed by atoms with E-state index in [4.69, 9.17) is 4.74 Å². The molecule has 0 saturated carbocycles. The van der Waals surface area contributed by atoms with E-state index in [1.807, 2.05) is 28.9 Å². The molecule has 0 spiro atoms. The topological polar surface area (TPSA) is 88.9 Å². The molecule has 9 heteroatoms. The molecule has 0 aliphatic carbocycles. The van der Waals surface area contributed by atoms with E-state index in [1.165, 1.54) is 10.4 Å². The molecule has 1 N–H and O–H groups in total. The third-order valence-corrected chi connectivity index (χ3v) is 8.22. The van der Waals surface area contributed by atoms with Crippen LogP contribution in [0.3, 0.4) is 0 Å². The molecule has 0 amide bonds. The van der Waals surface area contributed by atoms with Crippen LogP contribution in [0, 0.1) is 6.92 Å². The van der Waals surface area contributed by atoms with Crippen molar-refractivity contribution in [3.63, 3.8) is 0 Å². The van der Waals surface area contributed by atoms with Gasteiger partial charge in [-0.05, 0) is 77.2 Å². The van der Waals surface area contributed by atoms with E-state index in [9.17, 15) is 4.79 Å². The third kappa shape index (κ3) is 5.85. The summed E-state index contributed by atoms with van der Waals surface area (Å²) in [5.41, 5.74) is 3.72. The zero-order valence-electron chi connectivity index (χ0n) is 22.0. The second-order valence-corrected chi connectivity index (χ2v) is 11.2. The van der Waals surface area contributed by atoms with Crippen LogP contribution in [0.1, 0.15) is 46.3 Å². The van der Waals surface area contributed by atoms with Gasteiger partial charge in [0.25, 0.3) is 5.56 Å². The van der Waals surface area contributed by atoms with Crippen molar-refractivity contribution in [2.75, 3.05) is 13.2 Å². The summed E-state index contributed by atoms with van der Waals surface area (Å²) >= 11 is 1.72. The lowest BCUT2D eigenvalue weighted by molar-refractivity contribution is 0.0906. The van der Waals surface area contributed by atoms with Gasteiger partial charge in [-0.25, -0.2) is 4.68 Å². The van der Waals surface area contributed by atoms with Gasteiger partial charge in [-0.3, -0.25) is 9.69 Å². The summed E-state index contributed by atoms with van der Waals surface area (Å²) in [5.74, 6) is 0.660.